The monoisotopic (exact) mass is 460 g/mol. The first-order valence-electron chi connectivity index (χ1n) is 8.30. The van der Waals surface area contributed by atoms with Crippen LogP contribution < -0.4 is 5.32 Å². The van der Waals surface area contributed by atoms with Gasteiger partial charge in [0.1, 0.15) is 4.32 Å². The predicted molar refractivity (Wildman–Crippen MR) is 118 cm³/mol. The number of carbonyl (C=O) groups excluding carboxylic acids is 2. The van der Waals surface area contributed by atoms with Gasteiger partial charge in [0.15, 0.2) is 0 Å². The first kappa shape index (κ1) is 19.8. The van der Waals surface area contributed by atoms with E-state index < -0.39 is 0 Å². The van der Waals surface area contributed by atoms with Gasteiger partial charge in [-0.25, -0.2) is 0 Å². The molecular weight excluding hydrogens is 444 g/mol. The molecule has 27 heavy (non-hydrogen) atoms. The summed E-state index contributed by atoms with van der Waals surface area (Å²) in [6.45, 7) is 2.25. The van der Waals surface area contributed by atoms with Gasteiger partial charge in [-0.2, -0.15) is 0 Å². The van der Waals surface area contributed by atoms with Crippen molar-refractivity contribution in [3.05, 3.63) is 69.0 Å². The smallest absolute Gasteiger partial charge is 0.266 e. The number of carbonyl (C=O) groups is 2. The summed E-state index contributed by atoms with van der Waals surface area (Å²) in [5.74, 6) is -0.308. The number of halogens is 1. The van der Waals surface area contributed by atoms with Gasteiger partial charge < -0.3 is 5.32 Å². The Bertz CT molecular complexity index is 926. The standard InChI is InChI=1S/C20H17BrN2O2S2/c1-13-5-7-16(8-6-13)22-18(24)9-10-23-19(25)17(27-20(23)26)12-14-3-2-4-15(21)11-14/h2-8,11-12H,9-10H2,1H3,(H,22,24)/b17-12-. The zero-order valence-corrected chi connectivity index (χ0v) is 17.8. The molecule has 1 fully saturated rings. The van der Waals surface area contributed by atoms with Crippen molar-refractivity contribution in [1.29, 1.82) is 0 Å². The molecule has 2 aromatic rings. The Hall–Kier alpha value is -1.96. The van der Waals surface area contributed by atoms with E-state index in [1.165, 1.54) is 16.7 Å². The quantitative estimate of drug-likeness (QED) is 0.504. The fourth-order valence-corrected chi connectivity index (χ4v) is 4.24. The average molecular weight is 461 g/mol. The van der Waals surface area contributed by atoms with Crippen LogP contribution in [0, 0.1) is 6.92 Å². The number of hydrogen-bond acceptors (Lipinski definition) is 4. The van der Waals surface area contributed by atoms with Crippen LogP contribution in [0.3, 0.4) is 0 Å². The maximum absolute atomic E-state index is 12.6. The molecule has 1 aliphatic rings. The van der Waals surface area contributed by atoms with Gasteiger partial charge in [0, 0.05) is 23.1 Å². The second-order valence-electron chi connectivity index (χ2n) is 6.05. The average Bonchev–Trinajstić information content (AvgIpc) is 2.88. The van der Waals surface area contributed by atoms with Crippen LogP contribution in [0.15, 0.2) is 57.9 Å². The molecule has 1 saturated heterocycles. The number of amides is 2. The summed E-state index contributed by atoms with van der Waals surface area (Å²) >= 11 is 10.0. The van der Waals surface area contributed by atoms with Crippen LogP contribution in [0.5, 0.6) is 0 Å². The zero-order chi connectivity index (χ0) is 19.4. The molecule has 1 aliphatic heterocycles. The molecule has 0 radical (unpaired) electrons. The topological polar surface area (TPSA) is 49.4 Å². The Labute approximate surface area is 176 Å². The van der Waals surface area contributed by atoms with E-state index in [9.17, 15) is 9.59 Å². The molecule has 0 atom stereocenters. The van der Waals surface area contributed by atoms with E-state index in [0.717, 1.165) is 21.3 Å². The minimum absolute atomic E-state index is 0.149. The number of anilines is 1. The fraction of sp³-hybridized carbons (Fsp3) is 0.150. The number of benzene rings is 2. The SMILES string of the molecule is Cc1ccc(NC(=O)CCN2C(=O)/C(=C/c3cccc(Br)c3)SC2=S)cc1. The molecule has 1 heterocycles. The number of nitrogens with zero attached hydrogens (tertiary/aromatic N) is 1. The highest BCUT2D eigenvalue weighted by Crippen LogP contribution is 2.33. The summed E-state index contributed by atoms with van der Waals surface area (Å²) in [6.07, 6.45) is 2.00. The van der Waals surface area contributed by atoms with Crippen LogP contribution in [0.2, 0.25) is 0 Å². The van der Waals surface area contributed by atoms with Crippen molar-refractivity contribution in [3.8, 4) is 0 Å². The van der Waals surface area contributed by atoms with Crippen LogP contribution >= 0.6 is 39.9 Å². The molecule has 0 aliphatic carbocycles. The molecule has 0 bridgehead atoms. The highest BCUT2D eigenvalue weighted by Gasteiger charge is 2.32. The summed E-state index contributed by atoms with van der Waals surface area (Å²) < 4.78 is 1.42. The fourth-order valence-electron chi connectivity index (χ4n) is 2.51. The third-order valence-electron chi connectivity index (χ3n) is 3.92. The molecular formula is C20H17BrN2O2S2. The maximum atomic E-state index is 12.6. The summed E-state index contributed by atoms with van der Waals surface area (Å²) in [5, 5.41) is 2.83. The van der Waals surface area contributed by atoms with Crippen molar-refractivity contribution < 1.29 is 9.59 Å². The third-order valence-corrected chi connectivity index (χ3v) is 5.79. The predicted octanol–water partition coefficient (Wildman–Crippen LogP) is 4.99. The van der Waals surface area contributed by atoms with Crippen LogP contribution in [0.25, 0.3) is 6.08 Å². The molecule has 0 saturated carbocycles. The number of nitrogens with one attached hydrogen (secondary N) is 1. The molecule has 0 aromatic heterocycles. The van der Waals surface area contributed by atoms with Gasteiger partial charge in [-0.15, -0.1) is 0 Å². The van der Waals surface area contributed by atoms with E-state index in [-0.39, 0.29) is 24.8 Å². The van der Waals surface area contributed by atoms with Crippen LogP contribution in [-0.2, 0) is 9.59 Å². The normalized spacial score (nSPS) is 15.5. The van der Waals surface area contributed by atoms with E-state index in [1.807, 2.05) is 61.5 Å². The summed E-state index contributed by atoms with van der Waals surface area (Å²) in [6, 6.07) is 15.3. The van der Waals surface area contributed by atoms with E-state index in [2.05, 4.69) is 21.2 Å². The number of thiocarbonyl (C=S) groups is 1. The summed E-state index contributed by atoms with van der Waals surface area (Å²) in [5.41, 5.74) is 2.79. The molecule has 2 amide bonds. The minimum atomic E-state index is -0.159. The van der Waals surface area contributed by atoms with Crippen molar-refractivity contribution in [2.75, 3.05) is 11.9 Å². The molecule has 3 rings (SSSR count). The van der Waals surface area contributed by atoms with Crippen LogP contribution in [-0.4, -0.2) is 27.6 Å². The lowest BCUT2D eigenvalue weighted by atomic mass is 10.2. The number of hydrogen-bond donors (Lipinski definition) is 1. The molecule has 7 heteroatoms. The van der Waals surface area contributed by atoms with E-state index in [1.54, 1.807) is 0 Å². The molecule has 4 nitrogen and oxygen atoms in total. The van der Waals surface area contributed by atoms with Gasteiger partial charge in [-0.05, 0) is 42.8 Å². The van der Waals surface area contributed by atoms with Gasteiger partial charge in [0.2, 0.25) is 5.91 Å². The Morgan fingerprint density at radius 1 is 1.26 bits per heavy atom. The Morgan fingerprint density at radius 3 is 2.70 bits per heavy atom. The first-order chi connectivity index (χ1) is 12.9. The number of aryl methyl sites for hydroxylation is 1. The van der Waals surface area contributed by atoms with Gasteiger partial charge in [0.25, 0.3) is 5.91 Å². The van der Waals surface area contributed by atoms with Crippen molar-refractivity contribution in [3.63, 3.8) is 0 Å². The van der Waals surface area contributed by atoms with E-state index in [0.29, 0.717) is 9.23 Å². The Morgan fingerprint density at radius 2 is 2.00 bits per heavy atom. The maximum Gasteiger partial charge on any atom is 0.266 e. The highest BCUT2D eigenvalue weighted by molar-refractivity contribution is 9.10. The van der Waals surface area contributed by atoms with E-state index in [4.69, 9.17) is 12.2 Å². The van der Waals surface area contributed by atoms with Crippen molar-refractivity contribution >= 4 is 67.8 Å². The van der Waals surface area contributed by atoms with Gasteiger partial charge >= 0.3 is 0 Å². The van der Waals surface area contributed by atoms with Crippen molar-refractivity contribution in [2.24, 2.45) is 0 Å². The lowest BCUT2D eigenvalue weighted by Crippen LogP contribution is -2.31. The molecule has 2 aromatic carbocycles. The second-order valence-corrected chi connectivity index (χ2v) is 8.64. The van der Waals surface area contributed by atoms with Crippen molar-refractivity contribution in [2.45, 2.75) is 13.3 Å². The minimum Gasteiger partial charge on any atom is -0.326 e. The molecule has 0 unspecified atom stereocenters. The summed E-state index contributed by atoms with van der Waals surface area (Å²) in [4.78, 5) is 26.8. The zero-order valence-electron chi connectivity index (χ0n) is 14.6. The molecule has 138 valence electrons. The Balaban J connectivity index is 1.60. The largest absolute Gasteiger partial charge is 0.326 e. The number of rotatable bonds is 5. The lowest BCUT2D eigenvalue weighted by molar-refractivity contribution is -0.122. The summed E-state index contributed by atoms with van der Waals surface area (Å²) in [7, 11) is 0. The van der Waals surface area contributed by atoms with Crippen molar-refractivity contribution in [1.82, 2.24) is 4.90 Å². The van der Waals surface area contributed by atoms with E-state index >= 15 is 0 Å². The molecule has 1 N–H and O–H groups in total. The second kappa shape index (κ2) is 8.82. The Kier molecular flexibility index (Phi) is 6.46. The van der Waals surface area contributed by atoms with Gasteiger partial charge in [-0.3, -0.25) is 14.5 Å². The lowest BCUT2D eigenvalue weighted by Gasteiger charge is -2.14. The van der Waals surface area contributed by atoms with Gasteiger partial charge in [0.05, 0.1) is 4.91 Å². The first-order valence-corrected chi connectivity index (χ1v) is 10.3. The number of thioether (sulfide) groups is 1. The molecule has 0 spiro atoms. The third kappa shape index (κ3) is 5.28. The van der Waals surface area contributed by atoms with Crippen LogP contribution in [0.1, 0.15) is 17.5 Å². The van der Waals surface area contributed by atoms with Gasteiger partial charge in [-0.1, -0.05) is 69.7 Å². The van der Waals surface area contributed by atoms with Crippen LogP contribution in [0.4, 0.5) is 5.69 Å². The highest BCUT2D eigenvalue weighted by atomic mass is 79.9.